The average molecular weight is 276 g/mol. The Morgan fingerprint density at radius 3 is 2.59 bits per heavy atom. The van der Waals surface area contributed by atoms with E-state index in [9.17, 15) is 0 Å². The minimum atomic E-state index is 0. The Balaban J connectivity index is 0.00000128. The van der Waals surface area contributed by atoms with Crippen molar-refractivity contribution in [3.63, 3.8) is 0 Å². The maximum Gasteiger partial charge on any atom is 0.242 e. The molecule has 2 aromatic rings. The highest BCUT2D eigenvalue weighted by atomic mass is 35.5. The zero-order valence-corrected chi connectivity index (χ0v) is 11.7. The van der Waals surface area contributed by atoms with Crippen LogP contribution >= 0.6 is 0 Å². The lowest BCUT2D eigenvalue weighted by Crippen LogP contribution is -3.05. The monoisotopic (exact) mass is 275 g/mol. The molecule has 0 spiro atoms. The molecule has 96 valence electrons. The Morgan fingerprint density at radius 1 is 1.18 bits per heavy atom. The number of imidazole rings is 1. The summed E-state index contributed by atoms with van der Waals surface area (Å²) in [6, 6.07) is 8.42. The van der Waals surface area contributed by atoms with Crippen LogP contribution in [0.5, 0.6) is 0 Å². The number of halogens is 2. The third-order valence-corrected chi connectivity index (χ3v) is 2.67. The van der Waals surface area contributed by atoms with Crippen LogP contribution in [0, 0.1) is 0 Å². The lowest BCUT2D eigenvalue weighted by atomic mass is 10.3. The number of H-pyrrole nitrogens is 1. The lowest BCUT2D eigenvalue weighted by Gasteiger charge is -2.04. The van der Waals surface area contributed by atoms with E-state index in [2.05, 4.69) is 54.2 Å². The Bertz CT molecular complexity index is 440. The zero-order chi connectivity index (χ0) is 10.7. The molecule has 0 unspecified atom stereocenters. The molecule has 2 rings (SSSR count). The van der Waals surface area contributed by atoms with E-state index in [0.717, 1.165) is 6.54 Å². The van der Waals surface area contributed by atoms with Crippen molar-refractivity contribution in [2.45, 2.75) is 13.0 Å². The molecule has 1 aromatic heterocycles. The molecule has 1 heterocycles. The SMILES string of the molecule is C[NH+](C)CCC[n+]1c[nH]c2ccccc21.[Cl-].[Cl-]. The first-order chi connectivity index (χ1) is 7.27. The molecule has 0 radical (unpaired) electrons. The predicted molar refractivity (Wildman–Crippen MR) is 60.8 cm³/mol. The molecular formula is C12H19Cl2N3. The molecule has 5 heteroatoms. The molecule has 0 saturated heterocycles. The number of hydrogen-bond acceptors (Lipinski definition) is 0. The Kier molecular flexibility index (Phi) is 7.19. The van der Waals surface area contributed by atoms with Crippen molar-refractivity contribution < 1.29 is 34.3 Å². The van der Waals surface area contributed by atoms with Gasteiger partial charge in [-0.25, -0.2) is 9.55 Å². The van der Waals surface area contributed by atoms with Crippen molar-refractivity contribution in [2.75, 3.05) is 20.6 Å². The van der Waals surface area contributed by atoms with Crippen LogP contribution in [0.3, 0.4) is 0 Å². The first kappa shape index (κ1) is 16.2. The van der Waals surface area contributed by atoms with Crippen LogP contribution < -0.4 is 34.3 Å². The van der Waals surface area contributed by atoms with E-state index in [-0.39, 0.29) is 24.8 Å². The minimum Gasteiger partial charge on any atom is -1.00 e. The van der Waals surface area contributed by atoms with Gasteiger partial charge in [-0.2, -0.15) is 0 Å². The van der Waals surface area contributed by atoms with Crippen molar-refractivity contribution in [1.82, 2.24) is 4.98 Å². The van der Waals surface area contributed by atoms with E-state index < -0.39 is 0 Å². The van der Waals surface area contributed by atoms with Gasteiger partial charge in [-0.3, -0.25) is 0 Å². The molecule has 3 nitrogen and oxygen atoms in total. The first-order valence-electron chi connectivity index (χ1n) is 5.52. The van der Waals surface area contributed by atoms with E-state index in [0.29, 0.717) is 0 Å². The quantitative estimate of drug-likeness (QED) is 0.520. The number of hydrogen-bond donors (Lipinski definition) is 2. The van der Waals surface area contributed by atoms with Gasteiger partial charge in [0, 0.05) is 6.42 Å². The molecule has 0 atom stereocenters. The molecule has 0 amide bonds. The topological polar surface area (TPSA) is 24.1 Å². The second-order valence-electron chi connectivity index (χ2n) is 4.29. The molecular weight excluding hydrogens is 257 g/mol. The number of quaternary nitrogens is 1. The van der Waals surface area contributed by atoms with Crippen molar-refractivity contribution >= 4 is 11.0 Å². The second kappa shape index (κ2) is 7.54. The molecule has 0 fully saturated rings. The third kappa shape index (κ3) is 4.19. The molecule has 0 saturated carbocycles. The number of aromatic nitrogens is 2. The van der Waals surface area contributed by atoms with E-state index >= 15 is 0 Å². The standard InChI is InChI=1S/C12H17N3.2ClH/c1-14(2)8-5-9-15-10-13-11-6-3-4-7-12(11)15;;/h3-4,6-7,10H,5,8-9H2,1-2H3;2*1H. The van der Waals surface area contributed by atoms with Gasteiger partial charge in [0.25, 0.3) is 0 Å². The maximum atomic E-state index is 3.28. The van der Waals surface area contributed by atoms with Crippen LogP contribution in [0.4, 0.5) is 0 Å². The summed E-state index contributed by atoms with van der Waals surface area (Å²) in [5.74, 6) is 0. The minimum absolute atomic E-state index is 0. The maximum absolute atomic E-state index is 3.28. The number of benzene rings is 1. The third-order valence-electron chi connectivity index (χ3n) is 2.67. The van der Waals surface area contributed by atoms with E-state index in [1.54, 1.807) is 0 Å². The van der Waals surface area contributed by atoms with Gasteiger partial charge in [0.1, 0.15) is 0 Å². The van der Waals surface area contributed by atoms with Gasteiger partial charge >= 0.3 is 0 Å². The predicted octanol–water partition coefficient (Wildman–Crippen LogP) is -6.00. The van der Waals surface area contributed by atoms with E-state index in [4.69, 9.17) is 0 Å². The Hall–Kier alpha value is -0.770. The van der Waals surface area contributed by atoms with Crippen molar-refractivity contribution in [3.8, 4) is 0 Å². The number of aryl methyl sites for hydroxylation is 1. The summed E-state index contributed by atoms with van der Waals surface area (Å²) in [5, 5.41) is 0. The van der Waals surface area contributed by atoms with Crippen molar-refractivity contribution in [1.29, 1.82) is 0 Å². The van der Waals surface area contributed by atoms with Crippen LogP contribution in [0.2, 0.25) is 0 Å². The van der Waals surface area contributed by atoms with Gasteiger partial charge in [-0.1, -0.05) is 12.1 Å². The first-order valence-corrected chi connectivity index (χ1v) is 5.52. The largest absolute Gasteiger partial charge is 1.00 e. The summed E-state index contributed by atoms with van der Waals surface area (Å²) in [4.78, 5) is 4.79. The molecule has 0 aliphatic rings. The molecule has 0 bridgehead atoms. The lowest BCUT2D eigenvalue weighted by molar-refractivity contribution is -0.861. The highest BCUT2D eigenvalue weighted by molar-refractivity contribution is 5.70. The summed E-state index contributed by atoms with van der Waals surface area (Å²) >= 11 is 0. The summed E-state index contributed by atoms with van der Waals surface area (Å²) in [6.45, 7) is 2.31. The van der Waals surface area contributed by atoms with Crippen LogP contribution in [-0.4, -0.2) is 25.6 Å². The zero-order valence-electron chi connectivity index (χ0n) is 10.2. The van der Waals surface area contributed by atoms with E-state index in [1.807, 2.05) is 0 Å². The molecule has 2 N–H and O–H groups in total. The fourth-order valence-corrected chi connectivity index (χ4v) is 1.85. The number of rotatable bonds is 4. The summed E-state index contributed by atoms with van der Waals surface area (Å²) in [5.41, 5.74) is 2.51. The fraction of sp³-hybridized carbons (Fsp3) is 0.417. The van der Waals surface area contributed by atoms with E-state index in [1.165, 1.54) is 28.9 Å². The fourth-order valence-electron chi connectivity index (χ4n) is 1.85. The summed E-state index contributed by atoms with van der Waals surface area (Å²) in [6.07, 6.45) is 3.28. The van der Waals surface area contributed by atoms with Crippen LogP contribution in [0.15, 0.2) is 30.6 Å². The van der Waals surface area contributed by atoms with Crippen LogP contribution in [-0.2, 0) is 6.54 Å². The van der Waals surface area contributed by atoms with Crippen LogP contribution in [0.1, 0.15) is 6.42 Å². The van der Waals surface area contributed by atoms with Gasteiger partial charge in [-0.15, -0.1) is 0 Å². The van der Waals surface area contributed by atoms with Crippen molar-refractivity contribution in [3.05, 3.63) is 30.6 Å². The summed E-state index contributed by atoms with van der Waals surface area (Å²) < 4.78 is 2.29. The van der Waals surface area contributed by atoms with Gasteiger partial charge in [0.2, 0.25) is 6.33 Å². The smallest absolute Gasteiger partial charge is 0.242 e. The Labute approximate surface area is 115 Å². The highest BCUT2D eigenvalue weighted by Gasteiger charge is 2.07. The van der Waals surface area contributed by atoms with Crippen LogP contribution in [0.25, 0.3) is 11.0 Å². The van der Waals surface area contributed by atoms with Gasteiger partial charge in [0.05, 0.1) is 27.2 Å². The molecule has 17 heavy (non-hydrogen) atoms. The molecule has 1 aromatic carbocycles. The van der Waals surface area contributed by atoms with Gasteiger partial charge < -0.3 is 29.7 Å². The number of nitrogens with one attached hydrogen (secondary N) is 2. The number of aromatic amines is 1. The number of fused-ring (bicyclic) bond motifs is 1. The molecule has 0 aliphatic heterocycles. The Morgan fingerprint density at radius 2 is 1.88 bits per heavy atom. The normalized spacial score (nSPS) is 10.1. The second-order valence-corrected chi connectivity index (χ2v) is 4.29. The highest BCUT2D eigenvalue weighted by Crippen LogP contribution is 2.05. The number of nitrogens with zero attached hydrogens (tertiary/aromatic N) is 1. The number of para-hydroxylation sites is 2. The molecule has 0 aliphatic carbocycles. The summed E-state index contributed by atoms with van der Waals surface area (Å²) in [7, 11) is 4.39. The van der Waals surface area contributed by atoms with Crippen molar-refractivity contribution in [2.24, 2.45) is 0 Å². The van der Waals surface area contributed by atoms with Gasteiger partial charge in [0.15, 0.2) is 11.0 Å². The van der Waals surface area contributed by atoms with Gasteiger partial charge in [-0.05, 0) is 12.1 Å². The average Bonchev–Trinajstić information content (AvgIpc) is 2.62.